The van der Waals surface area contributed by atoms with Crippen LogP contribution in [0.2, 0.25) is 0 Å². The van der Waals surface area contributed by atoms with Crippen molar-refractivity contribution in [2.75, 3.05) is 19.6 Å². The van der Waals surface area contributed by atoms with Gasteiger partial charge < -0.3 is 10.4 Å². The van der Waals surface area contributed by atoms with Crippen LogP contribution in [0.25, 0.3) is 0 Å². The highest BCUT2D eigenvalue weighted by molar-refractivity contribution is 5.78. The molecule has 0 aliphatic carbocycles. The summed E-state index contributed by atoms with van der Waals surface area (Å²) < 4.78 is 1.64. The summed E-state index contributed by atoms with van der Waals surface area (Å²) in [5.74, 6) is -0.0242. The van der Waals surface area contributed by atoms with Crippen LogP contribution < -0.4 is 5.32 Å². The van der Waals surface area contributed by atoms with Gasteiger partial charge in [-0.25, -0.2) is 4.68 Å². The number of piperidine rings is 1. The second kappa shape index (κ2) is 7.55. The lowest BCUT2D eigenvalue weighted by molar-refractivity contribution is -0.124. The highest BCUT2D eigenvalue weighted by Gasteiger charge is 2.34. The van der Waals surface area contributed by atoms with Crippen LogP contribution in [0.15, 0.2) is 42.7 Å². The summed E-state index contributed by atoms with van der Waals surface area (Å²) in [6.07, 6.45) is 4.90. The molecule has 2 aromatic rings. The van der Waals surface area contributed by atoms with Gasteiger partial charge in [-0.3, -0.25) is 9.69 Å². The molecule has 1 atom stereocenters. The normalized spacial score (nSPS) is 21.5. The molecule has 1 aliphatic rings. The summed E-state index contributed by atoms with van der Waals surface area (Å²) in [6.45, 7) is 2.50. The predicted molar refractivity (Wildman–Crippen MR) is 88.9 cm³/mol. The Balaban J connectivity index is 1.48. The van der Waals surface area contributed by atoms with Gasteiger partial charge in [-0.2, -0.15) is 0 Å². The van der Waals surface area contributed by atoms with E-state index in [1.165, 1.54) is 0 Å². The van der Waals surface area contributed by atoms with Crippen molar-refractivity contribution >= 4 is 5.91 Å². The number of benzene rings is 1. The summed E-state index contributed by atoms with van der Waals surface area (Å²) in [4.78, 5) is 14.2. The van der Waals surface area contributed by atoms with E-state index in [0.29, 0.717) is 32.6 Å². The van der Waals surface area contributed by atoms with Gasteiger partial charge in [-0.1, -0.05) is 35.5 Å². The highest BCUT2D eigenvalue weighted by Crippen LogP contribution is 2.22. The Labute approximate surface area is 141 Å². The number of rotatable bonds is 6. The summed E-state index contributed by atoms with van der Waals surface area (Å²) >= 11 is 0. The Morgan fingerprint density at radius 2 is 2.17 bits per heavy atom. The third-order valence-electron chi connectivity index (χ3n) is 4.26. The van der Waals surface area contributed by atoms with Crippen LogP contribution in [0.1, 0.15) is 18.4 Å². The summed E-state index contributed by atoms with van der Waals surface area (Å²) in [5, 5.41) is 21.4. The van der Waals surface area contributed by atoms with E-state index in [4.69, 9.17) is 0 Å². The van der Waals surface area contributed by atoms with Crippen molar-refractivity contribution in [2.45, 2.75) is 31.5 Å². The first-order valence-corrected chi connectivity index (χ1v) is 8.22. The van der Waals surface area contributed by atoms with Gasteiger partial charge in [-0.05, 0) is 24.9 Å². The molecule has 24 heavy (non-hydrogen) atoms. The molecule has 2 N–H and O–H groups in total. The van der Waals surface area contributed by atoms with Crippen LogP contribution >= 0.6 is 0 Å². The van der Waals surface area contributed by atoms with E-state index in [1.807, 2.05) is 35.2 Å². The number of hydrogen-bond acceptors (Lipinski definition) is 5. The van der Waals surface area contributed by atoms with Crippen LogP contribution in [0.3, 0.4) is 0 Å². The molecule has 7 heteroatoms. The van der Waals surface area contributed by atoms with Crippen LogP contribution in [0, 0.1) is 0 Å². The fourth-order valence-corrected chi connectivity index (χ4v) is 3.14. The molecule has 1 saturated heterocycles. The number of aromatic nitrogens is 3. The lowest BCUT2D eigenvalue weighted by Crippen LogP contribution is -2.52. The molecule has 0 saturated carbocycles. The molecule has 2 heterocycles. The first-order valence-electron chi connectivity index (χ1n) is 8.22. The van der Waals surface area contributed by atoms with Crippen LogP contribution in [0.5, 0.6) is 0 Å². The second-order valence-corrected chi connectivity index (χ2v) is 6.40. The molecular weight excluding hydrogens is 306 g/mol. The van der Waals surface area contributed by atoms with Crippen molar-refractivity contribution in [1.82, 2.24) is 25.2 Å². The fraction of sp³-hybridized carbons (Fsp3) is 0.471. The number of nitrogens with zero attached hydrogens (tertiary/aromatic N) is 4. The van der Waals surface area contributed by atoms with Gasteiger partial charge >= 0.3 is 0 Å². The molecule has 1 amide bonds. The van der Waals surface area contributed by atoms with E-state index in [-0.39, 0.29) is 5.91 Å². The van der Waals surface area contributed by atoms with Crippen molar-refractivity contribution in [3.05, 3.63) is 48.3 Å². The standard InChI is InChI=1S/C17H23N5O2/c23-16(18-11-15-5-2-1-3-6-15)12-21-9-4-7-17(24,13-21)14-22-10-8-19-20-22/h1-3,5-6,8,10,24H,4,7,9,11-14H2,(H,18,23). The number of nitrogens with one attached hydrogen (secondary N) is 1. The molecule has 3 rings (SSSR count). The maximum absolute atomic E-state index is 12.2. The Bertz CT molecular complexity index is 646. The highest BCUT2D eigenvalue weighted by atomic mass is 16.3. The molecule has 1 aromatic carbocycles. The number of amides is 1. The number of carbonyl (C=O) groups excluding carboxylic acids is 1. The van der Waals surface area contributed by atoms with E-state index in [2.05, 4.69) is 15.6 Å². The van der Waals surface area contributed by atoms with E-state index in [0.717, 1.165) is 18.5 Å². The molecule has 1 unspecified atom stereocenters. The van der Waals surface area contributed by atoms with Gasteiger partial charge in [0.2, 0.25) is 5.91 Å². The largest absolute Gasteiger partial charge is 0.387 e. The van der Waals surface area contributed by atoms with Gasteiger partial charge in [0, 0.05) is 19.3 Å². The SMILES string of the molecule is O=C(CN1CCCC(O)(Cn2ccnn2)C1)NCc1ccccc1. The Kier molecular flexibility index (Phi) is 5.22. The molecule has 1 fully saturated rings. The minimum atomic E-state index is -0.869. The van der Waals surface area contributed by atoms with Crippen molar-refractivity contribution in [1.29, 1.82) is 0 Å². The Morgan fingerprint density at radius 3 is 2.92 bits per heavy atom. The summed E-state index contributed by atoms with van der Waals surface area (Å²) in [5.41, 5.74) is 0.207. The van der Waals surface area contributed by atoms with Gasteiger partial charge in [0.15, 0.2) is 0 Å². The zero-order valence-electron chi connectivity index (χ0n) is 13.6. The zero-order valence-corrected chi connectivity index (χ0v) is 13.6. The van der Waals surface area contributed by atoms with Gasteiger partial charge in [0.1, 0.15) is 0 Å². The van der Waals surface area contributed by atoms with E-state index in [9.17, 15) is 9.90 Å². The van der Waals surface area contributed by atoms with Crippen LogP contribution in [-0.4, -0.2) is 56.1 Å². The molecule has 0 spiro atoms. The zero-order chi connectivity index (χ0) is 16.8. The number of β-amino-alcohol motifs (C(OH)–C–C–N with tert-alkyl or cyclic N) is 1. The Hall–Kier alpha value is -2.25. The second-order valence-electron chi connectivity index (χ2n) is 6.40. The molecule has 128 valence electrons. The summed E-state index contributed by atoms with van der Waals surface area (Å²) in [6, 6.07) is 9.83. The Morgan fingerprint density at radius 1 is 1.33 bits per heavy atom. The molecule has 0 bridgehead atoms. The quantitative estimate of drug-likeness (QED) is 0.803. The minimum absolute atomic E-state index is 0.0242. The lowest BCUT2D eigenvalue weighted by Gasteiger charge is -2.38. The maximum Gasteiger partial charge on any atom is 0.234 e. The smallest absolute Gasteiger partial charge is 0.234 e. The third kappa shape index (κ3) is 4.62. The fourth-order valence-electron chi connectivity index (χ4n) is 3.14. The third-order valence-corrected chi connectivity index (χ3v) is 4.26. The number of likely N-dealkylation sites (tertiary alicyclic amines) is 1. The number of aliphatic hydroxyl groups is 1. The first kappa shape index (κ1) is 16.6. The van der Waals surface area contributed by atoms with Crippen molar-refractivity contribution in [2.24, 2.45) is 0 Å². The van der Waals surface area contributed by atoms with Crippen molar-refractivity contribution < 1.29 is 9.90 Å². The summed E-state index contributed by atoms with van der Waals surface area (Å²) in [7, 11) is 0. The van der Waals surface area contributed by atoms with Gasteiger partial charge in [0.25, 0.3) is 0 Å². The van der Waals surface area contributed by atoms with E-state index >= 15 is 0 Å². The van der Waals surface area contributed by atoms with Crippen LogP contribution in [0.4, 0.5) is 0 Å². The minimum Gasteiger partial charge on any atom is -0.387 e. The molecule has 0 radical (unpaired) electrons. The molecule has 7 nitrogen and oxygen atoms in total. The molecular formula is C17H23N5O2. The lowest BCUT2D eigenvalue weighted by atomic mass is 9.93. The molecule has 1 aliphatic heterocycles. The predicted octanol–water partition coefficient (Wildman–Crippen LogP) is 0.421. The van der Waals surface area contributed by atoms with Gasteiger partial charge in [-0.15, -0.1) is 5.10 Å². The number of hydrogen-bond donors (Lipinski definition) is 2. The van der Waals surface area contributed by atoms with E-state index in [1.54, 1.807) is 17.1 Å². The monoisotopic (exact) mass is 329 g/mol. The maximum atomic E-state index is 12.2. The molecule has 1 aromatic heterocycles. The topological polar surface area (TPSA) is 83.3 Å². The van der Waals surface area contributed by atoms with E-state index < -0.39 is 5.60 Å². The number of carbonyl (C=O) groups is 1. The van der Waals surface area contributed by atoms with Gasteiger partial charge in [0.05, 0.1) is 24.9 Å². The average Bonchev–Trinajstić information content (AvgIpc) is 3.06. The van der Waals surface area contributed by atoms with Crippen LogP contribution in [-0.2, 0) is 17.9 Å². The average molecular weight is 329 g/mol. The van der Waals surface area contributed by atoms with Crippen molar-refractivity contribution in [3.63, 3.8) is 0 Å². The van der Waals surface area contributed by atoms with Crippen molar-refractivity contribution in [3.8, 4) is 0 Å². The first-order chi connectivity index (χ1) is 11.6.